The number of pyridine rings is 1. The minimum Gasteiger partial charge on any atom is -0.470 e. The number of benzene rings is 1. The van der Waals surface area contributed by atoms with E-state index in [2.05, 4.69) is 15.0 Å². The molecule has 1 saturated heterocycles. The van der Waals surface area contributed by atoms with Crippen molar-refractivity contribution in [1.29, 1.82) is 0 Å². The fourth-order valence-electron chi connectivity index (χ4n) is 3.95. The molecule has 3 aromatic rings. The van der Waals surface area contributed by atoms with Crippen molar-refractivity contribution in [2.75, 3.05) is 13.1 Å². The van der Waals surface area contributed by atoms with Crippen molar-refractivity contribution in [3.8, 4) is 5.88 Å². The third-order valence-corrected chi connectivity index (χ3v) is 5.70. The Balaban J connectivity index is 1.50. The third-order valence-electron chi connectivity index (χ3n) is 5.37. The minimum absolute atomic E-state index is 0.00262. The van der Waals surface area contributed by atoms with Gasteiger partial charge in [0.1, 0.15) is 11.9 Å². The van der Waals surface area contributed by atoms with Crippen LogP contribution in [-0.4, -0.2) is 51.1 Å². The van der Waals surface area contributed by atoms with E-state index in [-0.39, 0.29) is 23.7 Å². The molecule has 0 bridgehead atoms. The number of aryl methyl sites for hydroxylation is 1. The lowest BCUT2D eigenvalue weighted by atomic mass is 10.1. The molecule has 9 heteroatoms. The standard InChI is InChI=1S/C23H25ClN4O4/c1-12-10-28(11-13(2)31-12)23(30)16-5-6-21(25-9-16)32-14(3)17-7-18-20(8-19(17)24)26-15(4)27-22(18)29/h5-9,12-14H,10-11H2,1-4H3,(H,26,27,29)/t12-,13+,14-/m0/s1. The number of morpholine rings is 1. The van der Waals surface area contributed by atoms with E-state index in [4.69, 9.17) is 21.1 Å². The summed E-state index contributed by atoms with van der Waals surface area (Å²) >= 11 is 6.43. The van der Waals surface area contributed by atoms with E-state index in [1.165, 1.54) is 6.20 Å². The second-order valence-electron chi connectivity index (χ2n) is 8.15. The number of ether oxygens (including phenoxy) is 2. The summed E-state index contributed by atoms with van der Waals surface area (Å²) in [5.41, 5.74) is 1.43. The first kappa shape index (κ1) is 22.2. The number of carbonyl (C=O) groups is 1. The van der Waals surface area contributed by atoms with Crippen molar-refractivity contribution in [3.63, 3.8) is 0 Å². The van der Waals surface area contributed by atoms with Gasteiger partial charge in [-0.25, -0.2) is 9.97 Å². The van der Waals surface area contributed by atoms with Gasteiger partial charge < -0.3 is 19.4 Å². The number of aromatic amines is 1. The molecule has 1 aromatic carbocycles. The van der Waals surface area contributed by atoms with Crippen molar-refractivity contribution >= 4 is 28.4 Å². The van der Waals surface area contributed by atoms with Crippen molar-refractivity contribution < 1.29 is 14.3 Å². The van der Waals surface area contributed by atoms with Crippen LogP contribution in [-0.2, 0) is 4.74 Å². The third kappa shape index (κ3) is 4.61. The average Bonchev–Trinajstić information content (AvgIpc) is 2.72. The van der Waals surface area contributed by atoms with Gasteiger partial charge in [0.2, 0.25) is 5.88 Å². The maximum Gasteiger partial charge on any atom is 0.258 e. The first-order chi connectivity index (χ1) is 15.2. The lowest BCUT2D eigenvalue weighted by Gasteiger charge is -2.35. The molecule has 0 spiro atoms. The SMILES string of the molecule is Cc1nc2cc(Cl)c([C@H](C)Oc3ccc(C(=O)N4C[C@@H](C)O[C@@H](C)C4)cn3)cc2c(=O)[nH]1. The number of rotatable bonds is 4. The Morgan fingerprint density at radius 1 is 1.28 bits per heavy atom. The number of H-pyrrole nitrogens is 1. The van der Waals surface area contributed by atoms with E-state index in [9.17, 15) is 9.59 Å². The molecule has 8 nitrogen and oxygen atoms in total. The van der Waals surface area contributed by atoms with Crippen LogP contribution in [0.2, 0.25) is 5.02 Å². The Morgan fingerprint density at radius 2 is 2.00 bits per heavy atom. The number of nitrogens with zero attached hydrogens (tertiary/aromatic N) is 3. The van der Waals surface area contributed by atoms with E-state index in [0.717, 1.165) is 0 Å². The molecule has 1 N–H and O–H groups in total. The zero-order valence-electron chi connectivity index (χ0n) is 18.4. The number of amides is 1. The highest BCUT2D eigenvalue weighted by Crippen LogP contribution is 2.29. The van der Waals surface area contributed by atoms with Crippen LogP contribution in [0, 0.1) is 6.92 Å². The summed E-state index contributed by atoms with van der Waals surface area (Å²) in [6, 6.07) is 6.70. The molecule has 0 unspecified atom stereocenters. The van der Waals surface area contributed by atoms with Gasteiger partial charge in [-0.3, -0.25) is 9.59 Å². The first-order valence-corrected chi connectivity index (χ1v) is 10.9. The van der Waals surface area contributed by atoms with E-state index in [0.29, 0.717) is 51.8 Å². The van der Waals surface area contributed by atoms with Crippen molar-refractivity contribution in [2.45, 2.75) is 46.0 Å². The molecule has 1 amide bonds. The highest BCUT2D eigenvalue weighted by Gasteiger charge is 2.27. The summed E-state index contributed by atoms with van der Waals surface area (Å²) in [5, 5.41) is 0.887. The Hall–Kier alpha value is -2.97. The summed E-state index contributed by atoms with van der Waals surface area (Å²) < 4.78 is 11.6. The number of nitrogens with one attached hydrogen (secondary N) is 1. The Morgan fingerprint density at radius 3 is 2.66 bits per heavy atom. The zero-order chi connectivity index (χ0) is 23.0. The van der Waals surface area contributed by atoms with Crippen LogP contribution >= 0.6 is 11.6 Å². The quantitative estimate of drug-likeness (QED) is 0.643. The summed E-state index contributed by atoms with van der Waals surface area (Å²) in [6.07, 6.45) is 1.03. The average molecular weight is 457 g/mol. The van der Waals surface area contributed by atoms with Crippen LogP contribution in [0.15, 0.2) is 35.3 Å². The Labute approximate surface area is 190 Å². The second kappa shape index (κ2) is 8.88. The molecule has 168 valence electrons. The molecule has 3 atom stereocenters. The van der Waals surface area contributed by atoms with Crippen LogP contribution in [0.4, 0.5) is 0 Å². The molecule has 0 saturated carbocycles. The van der Waals surface area contributed by atoms with Crippen LogP contribution in [0.5, 0.6) is 5.88 Å². The molecule has 1 fully saturated rings. The normalized spacial score (nSPS) is 19.7. The summed E-state index contributed by atoms with van der Waals surface area (Å²) in [6.45, 7) is 8.54. The number of fused-ring (bicyclic) bond motifs is 1. The molecule has 0 aliphatic carbocycles. The second-order valence-corrected chi connectivity index (χ2v) is 8.56. The van der Waals surface area contributed by atoms with Crippen LogP contribution in [0.25, 0.3) is 10.9 Å². The Bertz CT molecular complexity index is 1200. The number of aromatic nitrogens is 3. The molecular weight excluding hydrogens is 432 g/mol. The van der Waals surface area contributed by atoms with Gasteiger partial charge in [0.05, 0.1) is 28.7 Å². The van der Waals surface area contributed by atoms with Crippen molar-refractivity contribution in [1.82, 2.24) is 19.9 Å². The number of halogens is 1. The van der Waals surface area contributed by atoms with Gasteiger partial charge >= 0.3 is 0 Å². The predicted molar refractivity (Wildman–Crippen MR) is 121 cm³/mol. The summed E-state index contributed by atoms with van der Waals surface area (Å²) in [7, 11) is 0. The topological polar surface area (TPSA) is 97.4 Å². The van der Waals surface area contributed by atoms with Crippen molar-refractivity contribution in [2.24, 2.45) is 0 Å². The number of carbonyl (C=O) groups excluding carboxylic acids is 1. The molecule has 1 aliphatic heterocycles. The van der Waals surface area contributed by atoms with E-state index in [1.807, 2.05) is 20.8 Å². The lowest BCUT2D eigenvalue weighted by molar-refractivity contribution is -0.0586. The predicted octanol–water partition coefficient (Wildman–Crippen LogP) is 3.67. The summed E-state index contributed by atoms with van der Waals surface area (Å²) in [5.74, 6) is 0.791. The van der Waals surface area contributed by atoms with Gasteiger partial charge in [-0.05, 0) is 45.9 Å². The molecular formula is C23H25ClN4O4. The molecule has 4 rings (SSSR count). The van der Waals surface area contributed by atoms with Crippen LogP contribution < -0.4 is 10.3 Å². The maximum atomic E-state index is 12.8. The highest BCUT2D eigenvalue weighted by molar-refractivity contribution is 6.32. The maximum absolute atomic E-state index is 12.8. The molecule has 1 aliphatic rings. The van der Waals surface area contributed by atoms with E-state index < -0.39 is 6.10 Å². The van der Waals surface area contributed by atoms with Gasteiger partial charge in [0.25, 0.3) is 11.5 Å². The highest BCUT2D eigenvalue weighted by atomic mass is 35.5. The molecule has 0 radical (unpaired) electrons. The van der Waals surface area contributed by atoms with Gasteiger partial charge in [-0.15, -0.1) is 0 Å². The van der Waals surface area contributed by atoms with E-state index in [1.54, 1.807) is 36.1 Å². The summed E-state index contributed by atoms with van der Waals surface area (Å²) in [4.78, 5) is 38.2. The molecule has 2 aromatic heterocycles. The van der Waals surface area contributed by atoms with E-state index >= 15 is 0 Å². The minimum atomic E-state index is -0.470. The zero-order valence-corrected chi connectivity index (χ0v) is 19.1. The Kier molecular flexibility index (Phi) is 6.17. The van der Waals surface area contributed by atoms with Gasteiger partial charge in [0, 0.05) is 35.9 Å². The van der Waals surface area contributed by atoms with Gasteiger partial charge in [-0.1, -0.05) is 11.6 Å². The molecule has 32 heavy (non-hydrogen) atoms. The molecule has 3 heterocycles. The van der Waals surface area contributed by atoms with Crippen LogP contribution in [0.3, 0.4) is 0 Å². The fraction of sp³-hybridized carbons (Fsp3) is 0.391. The number of hydrogen-bond donors (Lipinski definition) is 1. The van der Waals surface area contributed by atoms with Crippen LogP contribution in [0.1, 0.15) is 48.6 Å². The smallest absolute Gasteiger partial charge is 0.258 e. The largest absolute Gasteiger partial charge is 0.470 e. The monoisotopic (exact) mass is 456 g/mol. The lowest BCUT2D eigenvalue weighted by Crippen LogP contribution is -2.48. The van der Waals surface area contributed by atoms with Gasteiger partial charge in [-0.2, -0.15) is 0 Å². The fourth-order valence-corrected chi connectivity index (χ4v) is 4.26. The van der Waals surface area contributed by atoms with Crippen molar-refractivity contribution in [3.05, 3.63) is 62.8 Å². The number of hydrogen-bond acceptors (Lipinski definition) is 6. The first-order valence-electron chi connectivity index (χ1n) is 10.5. The van der Waals surface area contributed by atoms with Gasteiger partial charge in [0.15, 0.2) is 0 Å².